The minimum absolute atomic E-state index is 0.268. The summed E-state index contributed by atoms with van der Waals surface area (Å²) in [5.41, 5.74) is 0.796. The number of nitrogens with one attached hydrogen (secondary N) is 1. The number of carbonyl (C=O) groups is 1. The first-order valence-electron chi connectivity index (χ1n) is 7.96. The molecule has 0 saturated heterocycles. The van der Waals surface area contributed by atoms with Gasteiger partial charge >= 0.3 is 0 Å². The zero-order valence-electron chi connectivity index (χ0n) is 13.6. The van der Waals surface area contributed by atoms with E-state index in [2.05, 4.69) is 21.5 Å². The summed E-state index contributed by atoms with van der Waals surface area (Å²) in [5, 5.41) is 18.2. The Hall–Kier alpha value is -3.98. The van der Waals surface area contributed by atoms with Crippen molar-refractivity contribution in [2.24, 2.45) is 0 Å². The largest absolute Gasteiger partial charge is 0.305 e. The Balaban J connectivity index is 1.77. The number of rotatable bonds is 3. The molecule has 0 radical (unpaired) electrons. The van der Waals surface area contributed by atoms with Gasteiger partial charge in [0, 0.05) is 11.8 Å². The number of pyridine rings is 1. The second-order valence-electron chi connectivity index (χ2n) is 5.60. The fourth-order valence-electron chi connectivity index (χ4n) is 2.80. The van der Waals surface area contributed by atoms with Crippen LogP contribution in [0.1, 0.15) is 15.9 Å². The molecule has 0 fully saturated rings. The molecule has 2 aromatic carbocycles. The van der Waals surface area contributed by atoms with Crippen molar-refractivity contribution in [1.82, 2.24) is 14.8 Å². The number of carbonyl (C=O) groups excluding carboxylic acids is 1. The highest BCUT2D eigenvalue weighted by Crippen LogP contribution is 2.22. The van der Waals surface area contributed by atoms with Crippen LogP contribution in [0.5, 0.6) is 0 Å². The zero-order chi connectivity index (χ0) is 17.9. The predicted molar refractivity (Wildman–Crippen MR) is 98.0 cm³/mol. The number of amides is 1. The highest BCUT2D eigenvalue weighted by Gasteiger charge is 2.17. The number of anilines is 1. The molecule has 0 bridgehead atoms. The second-order valence-corrected chi connectivity index (χ2v) is 5.60. The van der Waals surface area contributed by atoms with Crippen LogP contribution in [-0.4, -0.2) is 20.7 Å². The van der Waals surface area contributed by atoms with E-state index in [4.69, 9.17) is 0 Å². The van der Waals surface area contributed by atoms with E-state index >= 15 is 0 Å². The van der Waals surface area contributed by atoms with E-state index in [1.807, 2.05) is 42.5 Å². The first kappa shape index (κ1) is 15.5. The fraction of sp³-hybridized carbons (Fsp3) is 0. The molecule has 0 atom stereocenters. The molecule has 0 aliphatic carbocycles. The van der Waals surface area contributed by atoms with Gasteiger partial charge in [-0.3, -0.25) is 4.79 Å². The number of hydrogen-bond donors (Lipinski definition) is 1. The molecule has 0 aliphatic rings. The SMILES string of the molecule is N#Cc1cnn(-c2ccccn2)c1NC(=O)c1cccc2ccccc12. The molecule has 0 unspecified atom stereocenters. The van der Waals surface area contributed by atoms with Crippen LogP contribution < -0.4 is 5.32 Å². The molecule has 0 saturated carbocycles. The lowest BCUT2D eigenvalue weighted by Gasteiger charge is -2.10. The minimum atomic E-state index is -0.309. The highest BCUT2D eigenvalue weighted by atomic mass is 16.1. The van der Waals surface area contributed by atoms with Gasteiger partial charge in [0.05, 0.1) is 6.20 Å². The van der Waals surface area contributed by atoms with Crippen LogP contribution in [0.3, 0.4) is 0 Å². The Morgan fingerprint density at radius 2 is 1.85 bits per heavy atom. The maximum absolute atomic E-state index is 12.9. The van der Waals surface area contributed by atoms with Crippen LogP contribution >= 0.6 is 0 Å². The second kappa shape index (κ2) is 6.49. The third-order valence-electron chi connectivity index (χ3n) is 4.02. The first-order chi connectivity index (χ1) is 12.8. The van der Waals surface area contributed by atoms with Gasteiger partial charge in [0.1, 0.15) is 11.6 Å². The molecular formula is C20H13N5O. The number of hydrogen-bond acceptors (Lipinski definition) is 4. The minimum Gasteiger partial charge on any atom is -0.305 e. The lowest BCUT2D eigenvalue weighted by atomic mass is 10.0. The Kier molecular flexibility index (Phi) is 3.88. The van der Waals surface area contributed by atoms with Crippen LogP contribution in [0.15, 0.2) is 73.1 Å². The summed E-state index contributed by atoms with van der Waals surface area (Å²) in [6, 6.07) is 20.6. The first-order valence-corrected chi connectivity index (χ1v) is 7.96. The van der Waals surface area contributed by atoms with E-state index in [1.165, 1.54) is 10.9 Å². The van der Waals surface area contributed by atoms with Crippen LogP contribution in [0, 0.1) is 11.3 Å². The Bertz CT molecular complexity index is 1140. The molecule has 0 spiro atoms. The van der Waals surface area contributed by atoms with Crippen molar-refractivity contribution >= 4 is 22.5 Å². The standard InChI is InChI=1S/C20H13N5O/c21-12-15-13-23-25(18-10-3-4-11-22-18)19(15)24-20(26)17-9-5-7-14-6-1-2-8-16(14)17/h1-11,13H,(H,24,26). The summed E-state index contributed by atoms with van der Waals surface area (Å²) in [7, 11) is 0. The molecule has 1 amide bonds. The predicted octanol–water partition coefficient (Wildman–Crippen LogP) is 3.54. The van der Waals surface area contributed by atoms with Crippen molar-refractivity contribution in [3.05, 3.63) is 84.2 Å². The average molecular weight is 339 g/mol. The molecule has 26 heavy (non-hydrogen) atoms. The van der Waals surface area contributed by atoms with E-state index in [0.717, 1.165) is 10.8 Å². The van der Waals surface area contributed by atoms with Gasteiger partial charge in [-0.2, -0.15) is 15.0 Å². The third kappa shape index (κ3) is 2.68. The summed E-state index contributed by atoms with van der Waals surface area (Å²) in [6.45, 7) is 0. The quantitative estimate of drug-likeness (QED) is 0.619. The topological polar surface area (TPSA) is 83.6 Å². The Morgan fingerprint density at radius 3 is 2.65 bits per heavy atom. The monoisotopic (exact) mass is 339 g/mol. The van der Waals surface area contributed by atoms with Crippen molar-refractivity contribution in [3.63, 3.8) is 0 Å². The van der Waals surface area contributed by atoms with E-state index in [-0.39, 0.29) is 11.5 Å². The van der Waals surface area contributed by atoms with Crippen molar-refractivity contribution in [2.75, 3.05) is 5.32 Å². The molecule has 6 heteroatoms. The molecule has 124 valence electrons. The van der Waals surface area contributed by atoms with Crippen molar-refractivity contribution < 1.29 is 4.79 Å². The van der Waals surface area contributed by atoms with Gasteiger partial charge in [-0.15, -0.1) is 0 Å². The van der Waals surface area contributed by atoms with Gasteiger partial charge in [0.15, 0.2) is 11.6 Å². The van der Waals surface area contributed by atoms with Gasteiger partial charge in [0.25, 0.3) is 5.91 Å². The molecule has 4 rings (SSSR count). The fourth-order valence-corrected chi connectivity index (χ4v) is 2.80. The van der Waals surface area contributed by atoms with Crippen LogP contribution in [-0.2, 0) is 0 Å². The van der Waals surface area contributed by atoms with Crippen molar-refractivity contribution in [2.45, 2.75) is 0 Å². The summed E-state index contributed by atoms with van der Waals surface area (Å²) in [4.78, 5) is 17.1. The van der Waals surface area contributed by atoms with Crippen LogP contribution in [0.2, 0.25) is 0 Å². The number of fused-ring (bicyclic) bond motifs is 1. The maximum atomic E-state index is 12.9. The number of nitriles is 1. The smallest absolute Gasteiger partial charge is 0.257 e. The summed E-state index contributed by atoms with van der Waals surface area (Å²) in [6.07, 6.45) is 3.03. The third-order valence-corrected chi connectivity index (χ3v) is 4.02. The molecule has 6 nitrogen and oxygen atoms in total. The van der Waals surface area contributed by atoms with Crippen LogP contribution in [0.4, 0.5) is 5.82 Å². The molecule has 2 aromatic heterocycles. The average Bonchev–Trinajstić information content (AvgIpc) is 3.10. The van der Waals surface area contributed by atoms with E-state index in [1.54, 1.807) is 24.4 Å². The number of nitrogens with zero attached hydrogens (tertiary/aromatic N) is 4. The molecular weight excluding hydrogens is 326 g/mol. The lowest BCUT2D eigenvalue weighted by Crippen LogP contribution is -2.16. The van der Waals surface area contributed by atoms with Crippen molar-refractivity contribution in [1.29, 1.82) is 5.26 Å². The van der Waals surface area contributed by atoms with E-state index in [0.29, 0.717) is 17.2 Å². The Labute approximate surface area is 149 Å². The van der Waals surface area contributed by atoms with Gasteiger partial charge in [-0.05, 0) is 29.0 Å². The van der Waals surface area contributed by atoms with Gasteiger partial charge in [0.2, 0.25) is 0 Å². The summed E-state index contributed by atoms with van der Waals surface area (Å²) < 4.78 is 1.45. The maximum Gasteiger partial charge on any atom is 0.257 e. The molecule has 2 heterocycles. The van der Waals surface area contributed by atoms with Gasteiger partial charge in [-0.25, -0.2) is 4.98 Å². The van der Waals surface area contributed by atoms with E-state index in [9.17, 15) is 10.1 Å². The highest BCUT2D eigenvalue weighted by molar-refractivity contribution is 6.13. The van der Waals surface area contributed by atoms with Crippen molar-refractivity contribution in [3.8, 4) is 11.9 Å². The lowest BCUT2D eigenvalue weighted by molar-refractivity contribution is 0.102. The normalized spacial score (nSPS) is 10.4. The van der Waals surface area contributed by atoms with E-state index < -0.39 is 0 Å². The zero-order valence-corrected chi connectivity index (χ0v) is 13.6. The summed E-state index contributed by atoms with van der Waals surface area (Å²) in [5.74, 6) is 0.502. The van der Waals surface area contributed by atoms with Gasteiger partial charge in [-0.1, -0.05) is 42.5 Å². The Morgan fingerprint density at radius 1 is 1.04 bits per heavy atom. The molecule has 1 N–H and O–H groups in total. The van der Waals surface area contributed by atoms with Gasteiger partial charge < -0.3 is 5.32 Å². The number of aromatic nitrogens is 3. The van der Waals surface area contributed by atoms with Crippen LogP contribution in [0.25, 0.3) is 16.6 Å². The molecule has 0 aliphatic heterocycles. The molecule has 4 aromatic rings. The number of benzene rings is 2. The summed E-state index contributed by atoms with van der Waals surface area (Å²) >= 11 is 0.